The number of hydrogen-bond acceptors (Lipinski definition) is 4. The number of halogens is 2. The topological polar surface area (TPSA) is 49.2 Å². The number of aliphatic hydroxyl groups is 1. The van der Waals surface area contributed by atoms with Crippen LogP contribution in [-0.4, -0.2) is 27.7 Å². The number of anilines is 1. The highest BCUT2D eigenvalue weighted by Crippen LogP contribution is 2.34. The van der Waals surface area contributed by atoms with E-state index >= 15 is 0 Å². The standard InChI is InChI=1S/C14H13ClFN3O/c15-10-6-17-14(18-7-10)19-8-12(20)5-13(19)9-1-3-11(16)4-2-9/h1-4,6-7,12-13,20H,5,8H2/t12-,13+/m0/s1. The third kappa shape index (κ3) is 2.59. The summed E-state index contributed by atoms with van der Waals surface area (Å²) in [5.41, 5.74) is 0.932. The van der Waals surface area contributed by atoms with Crippen LogP contribution in [0.25, 0.3) is 0 Å². The van der Waals surface area contributed by atoms with E-state index in [0.29, 0.717) is 23.9 Å². The van der Waals surface area contributed by atoms with Crippen LogP contribution in [0.2, 0.25) is 5.02 Å². The van der Waals surface area contributed by atoms with Crippen LogP contribution in [0.4, 0.5) is 10.3 Å². The molecule has 0 spiro atoms. The molecule has 1 aliphatic heterocycles. The molecule has 6 heteroatoms. The Balaban J connectivity index is 1.92. The Morgan fingerprint density at radius 1 is 1.20 bits per heavy atom. The van der Waals surface area contributed by atoms with Gasteiger partial charge in [0.2, 0.25) is 5.95 Å². The maximum atomic E-state index is 13.0. The fourth-order valence-electron chi connectivity index (χ4n) is 2.49. The van der Waals surface area contributed by atoms with Crippen molar-refractivity contribution in [3.8, 4) is 0 Å². The number of rotatable bonds is 2. The minimum absolute atomic E-state index is 0.0632. The number of nitrogens with zero attached hydrogens (tertiary/aromatic N) is 3. The first-order valence-electron chi connectivity index (χ1n) is 6.31. The minimum atomic E-state index is -0.454. The smallest absolute Gasteiger partial charge is 0.225 e. The molecule has 4 nitrogen and oxygen atoms in total. The molecule has 2 atom stereocenters. The van der Waals surface area contributed by atoms with Gasteiger partial charge < -0.3 is 10.0 Å². The van der Waals surface area contributed by atoms with E-state index in [1.54, 1.807) is 12.1 Å². The van der Waals surface area contributed by atoms with Crippen molar-refractivity contribution in [2.24, 2.45) is 0 Å². The van der Waals surface area contributed by atoms with Gasteiger partial charge in [-0.15, -0.1) is 0 Å². The van der Waals surface area contributed by atoms with Crippen LogP contribution < -0.4 is 4.90 Å². The highest BCUT2D eigenvalue weighted by molar-refractivity contribution is 6.30. The van der Waals surface area contributed by atoms with Crippen molar-refractivity contribution < 1.29 is 9.50 Å². The van der Waals surface area contributed by atoms with Crippen LogP contribution in [0.5, 0.6) is 0 Å². The Morgan fingerprint density at radius 3 is 2.50 bits per heavy atom. The molecule has 0 unspecified atom stereocenters. The van der Waals surface area contributed by atoms with E-state index in [4.69, 9.17) is 11.6 Å². The van der Waals surface area contributed by atoms with Gasteiger partial charge in [-0.2, -0.15) is 0 Å². The first kappa shape index (κ1) is 13.3. The fourth-order valence-corrected chi connectivity index (χ4v) is 2.59. The summed E-state index contributed by atoms with van der Waals surface area (Å²) in [6.45, 7) is 0.448. The second-order valence-corrected chi connectivity index (χ2v) is 5.25. The van der Waals surface area contributed by atoms with Crippen molar-refractivity contribution >= 4 is 17.5 Å². The molecule has 1 aromatic carbocycles. The first-order chi connectivity index (χ1) is 9.63. The molecular formula is C14H13ClFN3O. The van der Waals surface area contributed by atoms with Crippen LogP contribution in [0.15, 0.2) is 36.7 Å². The number of aliphatic hydroxyl groups excluding tert-OH is 1. The Bertz CT molecular complexity index is 537. The molecule has 0 radical (unpaired) electrons. The Hall–Kier alpha value is -1.72. The summed E-state index contributed by atoms with van der Waals surface area (Å²) < 4.78 is 13.0. The molecule has 1 fully saturated rings. The molecule has 1 aromatic heterocycles. The second kappa shape index (κ2) is 5.34. The molecular weight excluding hydrogens is 281 g/mol. The predicted molar refractivity (Wildman–Crippen MR) is 74.2 cm³/mol. The van der Waals surface area contributed by atoms with Gasteiger partial charge in [0, 0.05) is 6.54 Å². The monoisotopic (exact) mass is 293 g/mol. The van der Waals surface area contributed by atoms with Gasteiger partial charge in [-0.3, -0.25) is 0 Å². The highest BCUT2D eigenvalue weighted by Gasteiger charge is 2.33. The molecule has 2 aromatic rings. The lowest BCUT2D eigenvalue weighted by molar-refractivity contribution is 0.194. The zero-order chi connectivity index (χ0) is 14.1. The summed E-state index contributed by atoms with van der Waals surface area (Å²) in [4.78, 5) is 10.3. The SMILES string of the molecule is O[C@H]1C[C@H](c2ccc(F)cc2)N(c2ncc(Cl)cn2)C1. The van der Waals surface area contributed by atoms with Crippen LogP contribution in [0, 0.1) is 5.82 Å². The normalized spacial score (nSPS) is 22.2. The van der Waals surface area contributed by atoms with Crippen molar-refractivity contribution in [3.05, 3.63) is 53.1 Å². The lowest BCUT2D eigenvalue weighted by atomic mass is 10.0. The van der Waals surface area contributed by atoms with E-state index in [2.05, 4.69) is 9.97 Å². The van der Waals surface area contributed by atoms with E-state index in [0.717, 1.165) is 5.56 Å². The van der Waals surface area contributed by atoms with Gasteiger partial charge in [0.05, 0.1) is 29.6 Å². The number of benzene rings is 1. The molecule has 0 saturated carbocycles. The summed E-state index contributed by atoms with van der Waals surface area (Å²) >= 11 is 5.78. The van der Waals surface area contributed by atoms with Gasteiger partial charge in [0.25, 0.3) is 0 Å². The maximum Gasteiger partial charge on any atom is 0.225 e. The Kier molecular flexibility index (Phi) is 3.54. The Morgan fingerprint density at radius 2 is 1.85 bits per heavy atom. The van der Waals surface area contributed by atoms with E-state index in [9.17, 15) is 9.50 Å². The number of aromatic nitrogens is 2. The molecule has 0 amide bonds. The van der Waals surface area contributed by atoms with Crippen LogP contribution in [-0.2, 0) is 0 Å². The molecule has 2 heterocycles. The molecule has 0 bridgehead atoms. The van der Waals surface area contributed by atoms with E-state index in [1.165, 1.54) is 24.5 Å². The molecule has 0 aliphatic carbocycles. The minimum Gasteiger partial charge on any atom is -0.391 e. The van der Waals surface area contributed by atoms with Crippen LogP contribution >= 0.6 is 11.6 Å². The zero-order valence-electron chi connectivity index (χ0n) is 10.6. The van der Waals surface area contributed by atoms with Crippen LogP contribution in [0.1, 0.15) is 18.0 Å². The molecule has 20 heavy (non-hydrogen) atoms. The van der Waals surface area contributed by atoms with Crippen molar-refractivity contribution in [2.75, 3.05) is 11.4 Å². The third-order valence-electron chi connectivity index (χ3n) is 3.40. The zero-order valence-corrected chi connectivity index (χ0v) is 11.3. The molecule has 1 aliphatic rings. The van der Waals surface area contributed by atoms with Crippen molar-refractivity contribution in [2.45, 2.75) is 18.6 Å². The molecule has 1 saturated heterocycles. The first-order valence-corrected chi connectivity index (χ1v) is 6.69. The number of β-amino-alcohol motifs (C(OH)–C–C–N with tert-alkyl or cyclic N) is 1. The fraction of sp³-hybridized carbons (Fsp3) is 0.286. The van der Waals surface area contributed by atoms with E-state index < -0.39 is 6.10 Å². The summed E-state index contributed by atoms with van der Waals surface area (Å²) in [7, 11) is 0. The van der Waals surface area contributed by atoms with Crippen molar-refractivity contribution in [1.82, 2.24) is 9.97 Å². The van der Waals surface area contributed by atoms with Gasteiger partial charge >= 0.3 is 0 Å². The lowest BCUT2D eigenvalue weighted by Crippen LogP contribution is -2.26. The third-order valence-corrected chi connectivity index (χ3v) is 3.59. The highest BCUT2D eigenvalue weighted by atomic mass is 35.5. The second-order valence-electron chi connectivity index (χ2n) is 4.81. The quantitative estimate of drug-likeness (QED) is 0.924. The van der Waals surface area contributed by atoms with Gasteiger partial charge in [0.1, 0.15) is 5.82 Å². The largest absolute Gasteiger partial charge is 0.391 e. The lowest BCUT2D eigenvalue weighted by Gasteiger charge is -2.24. The summed E-state index contributed by atoms with van der Waals surface area (Å²) in [6, 6.07) is 6.22. The van der Waals surface area contributed by atoms with Crippen molar-refractivity contribution in [1.29, 1.82) is 0 Å². The van der Waals surface area contributed by atoms with E-state index in [-0.39, 0.29) is 11.9 Å². The summed E-state index contributed by atoms with van der Waals surface area (Å²) in [5.74, 6) is 0.238. The summed E-state index contributed by atoms with van der Waals surface area (Å²) in [6.07, 6.45) is 3.16. The van der Waals surface area contributed by atoms with Gasteiger partial charge in [-0.1, -0.05) is 23.7 Å². The molecule has 3 rings (SSSR count). The predicted octanol–water partition coefficient (Wildman–Crippen LogP) is 2.58. The van der Waals surface area contributed by atoms with Crippen molar-refractivity contribution in [3.63, 3.8) is 0 Å². The van der Waals surface area contributed by atoms with Gasteiger partial charge in [0.15, 0.2) is 0 Å². The maximum absolute atomic E-state index is 13.0. The van der Waals surface area contributed by atoms with Crippen LogP contribution in [0.3, 0.4) is 0 Å². The average Bonchev–Trinajstić information content (AvgIpc) is 2.82. The number of hydrogen-bond donors (Lipinski definition) is 1. The molecule has 104 valence electrons. The van der Waals surface area contributed by atoms with E-state index in [1.807, 2.05) is 4.90 Å². The van der Waals surface area contributed by atoms with Gasteiger partial charge in [-0.05, 0) is 24.1 Å². The Labute approximate surface area is 120 Å². The van der Waals surface area contributed by atoms with Gasteiger partial charge in [-0.25, -0.2) is 14.4 Å². The molecule has 1 N–H and O–H groups in total. The summed E-state index contributed by atoms with van der Waals surface area (Å²) in [5, 5.41) is 10.4. The average molecular weight is 294 g/mol.